The standard InChI is InChI=1S/C22H30O9/c1-11(2)9-16(24)30-18-17-13(4)20(25)29-14(17)10-12(3)7-8-15(23)22(5,27)19(18)31-21(26)28-6/h7-8,11-12,14,17-19,27H,4,9-10H2,1-3,5-6H3/b8-7-/t12-,14-,17+,18+,19+,22+/m1/s1. The van der Waals surface area contributed by atoms with Crippen molar-refractivity contribution < 1.29 is 43.2 Å². The van der Waals surface area contributed by atoms with E-state index in [-0.39, 0.29) is 23.8 Å². The Morgan fingerprint density at radius 1 is 1.32 bits per heavy atom. The van der Waals surface area contributed by atoms with Crippen molar-refractivity contribution in [2.75, 3.05) is 7.11 Å². The van der Waals surface area contributed by atoms with Crippen molar-refractivity contribution in [3.05, 3.63) is 24.3 Å². The predicted molar refractivity (Wildman–Crippen MR) is 108 cm³/mol. The number of carbonyl (C=O) groups is 4. The summed E-state index contributed by atoms with van der Waals surface area (Å²) < 4.78 is 20.9. The van der Waals surface area contributed by atoms with Crippen LogP contribution in [0.5, 0.6) is 0 Å². The summed E-state index contributed by atoms with van der Waals surface area (Å²) in [7, 11) is 1.06. The summed E-state index contributed by atoms with van der Waals surface area (Å²) in [5, 5.41) is 11.1. The van der Waals surface area contributed by atoms with Crippen LogP contribution in [0.3, 0.4) is 0 Å². The third-order valence-electron chi connectivity index (χ3n) is 5.44. The Bertz CT molecular complexity index is 780. The van der Waals surface area contributed by atoms with Crippen LogP contribution >= 0.6 is 0 Å². The van der Waals surface area contributed by atoms with Crippen molar-refractivity contribution >= 4 is 23.9 Å². The Kier molecular flexibility index (Phi) is 7.64. The Hall–Kier alpha value is -2.68. The number of allylic oxidation sites excluding steroid dienone is 1. The van der Waals surface area contributed by atoms with Gasteiger partial charge in [0.1, 0.15) is 6.10 Å². The van der Waals surface area contributed by atoms with Crippen LogP contribution < -0.4 is 0 Å². The Balaban J connectivity index is 2.63. The summed E-state index contributed by atoms with van der Waals surface area (Å²) in [5.41, 5.74) is -2.29. The molecular formula is C22H30O9. The fraction of sp³-hybridized carbons (Fsp3) is 0.636. The fourth-order valence-electron chi connectivity index (χ4n) is 3.77. The van der Waals surface area contributed by atoms with Crippen LogP contribution in [0.25, 0.3) is 0 Å². The molecule has 0 aromatic carbocycles. The maximum Gasteiger partial charge on any atom is 0.508 e. The molecule has 1 N–H and O–H groups in total. The van der Waals surface area contributed by atoms with Crippen LogP contribution in [0.2, 0.25) is 0 Å². The quantitative estimate of drug-likeness (QED) is 0.399. The normalized spacial score (nSPS) is 34.5. The van der Waals surface area contributed by atoms with Crippen molar-refractivity contribution in [1.29, 1.82) is 0 Å². The van der Waals surface area contributed by atoms with Gasteiger partial charge in [0.15, 0.2) is 23.6 Å². The average Bonchev–Trinajstić information content (AvgIpc) is 2.94. The second-order valence-corrected chi connectivity index (χ2v) is 8.62. The lowest BCUT2D eigenvalue weighted by atomic mass is 9.77. The number of esters is 2. The van der Waals surface area contributed by atoms with E-state index in [0.29, 0.717) is 6.42 Å². The summed E-state index contributed by atoms with van der Waals surface area (Å²) in [6.45, 7) is 10.4. The highest BCUT2D eigenvalue weighted by molar-refractivity contribution is 5.97. The molecule has 0 bridgehead atoms. The summed E-state index contributed by atoms with van der Waals surface area (Å²) in [6, 6.07) is 0. The smallest absolute Gasteiger partial charge is 0.458 e. The first kappa shape index (κ1) is 24.6. The molecule has 2 rings (SSSR count). The van der Waals surface area contributed by atoms with E-state index >= 15 is 0 Å². The first-order valence-electron chi connectivity index (χ1n) is 10.2. The predicted octanol–water partition coefficient (Wildman–Crippen LogP) is 2.11. The lowest BCUT2D eigenvalue weighted by Gasteiger charge is -2.39. The molecule has 0 unspecified atom stereocenters. The monoisotopic (exact) mass is 438 g/mol. The molecule has 2 aliphatic rings. The van der Waals surface area contributed by atoms with Crippen molar-refractivity contribution in [3.8, 4) is 0 Å². The second kappa shape index (κ2) is 9.64. The van der Waals surface area contributed by atoms with Crippen molar-refractivity contribution in [1.82, 2.24) is 0 Å². The van der Waals surface area contributed by atoms with Gasteiger partial charge in [-0.3, -0.25) is 9.59 Å². The molecule has 0 aromatic heterocycles. The Morgan fingerprint density at radius 2 is 1.97 bits per heavy atom. The number of aliphatic hydroxyl groups is 1. The zero-order valence-corrected chi connectivity index (χ0v) is 18.5. The topological polar surface area (TPSA) is 125 Å². The molecular weight excluding hydrogens is 408 g/mol. The fourth-order valence-corrected chi connectivity index (χ4v) is 3.77. The molecule has 0 radical (unpaired) electrons. The van der Waals surface area contributed by atoms with E-state index in [0.717, 1.165) is 14.0 Å². The average molecular weight is 438 g/mol. The molecule has 6 atom stereocenters. The zero-order chi connectivity index (χ0) is 23.5. The Labute approximate surface area is 181 Å². The molecule has 1 aliphatic carbocycles. The van der Waals surface area contributed by atoms with Crippen LogP contribution in [0.15, 0.2) is 24.3 Å². The highest BCUT2D eigenvalue weighted by Crippen LogP contribution is 2.40. The van der Waals surface area contributed by atoms with Crippen LogP contribution in [0.1, 0.15) is 40.5 Å². The molecule has 0 saturated carbocycles. The summed E-state index contributed by atoms with van der Waals surface area (Å²) in [5.74, 6) is -3.26. The lowest BCUT2D eigenvalue weighted by molar-refractivity contribution is -0.184. The van der Waals surface area contributed by atoms with Crippen LogP contribution in [-0.2, 0) is 33.3 Å². The first-order chi connectivity index (χ1) is 14.4. The SMILES string of the molecule is C=C1C(=O)O[C@@H]2C[C@H](C)/C=C\C(=O)[C@](C)(O)[C@@H](OC(=O)OC)[C@@H](OC(=O)CC(C)C)[C@@H]12. The third kappa shape index (κ3) is 5.52. The van der Waals surface area contributed by atoms with Crippen LogP contribution in [0, 0.1) is 17.8 Å². The van der Waals surface area contributed by atoms with Crippen LogP contribution in [-0.4, -0.2) is 60.0 Å². The summed E-state index contributed by atoms with van der Waals surface area (Å²) in [4.78, 5) is 49.7. The molecule has 1 fully saturated rings. The maximum absolute atomic E-state index is 12.8. The second-order valence-electron chi connectivity index (χ2n) is 8.62. The molecule has 9 nitrogen and oxygen atoms in total. The molecule has 1 aliphatic heterocycles. The zero-order valence-electron chi connectivity index (χ0n) is 18.5. The molecule has 0 spiro atoms. The van der Waals surface area contributed by atoms with Gasteiger partial charge in [-0.1, -0.05) is 33.4 Å². The van der Waals surface area contributed by atoms with E-state index in [1.54, 1.807) is 6.08 Å². The molecule has 9 heteroatoms. The number of ketones is 1. The highest BCUT2D eigenvalue weighted by atomic mass is 16.7. The van der Waals surface area contributed by atoms with Gasteiger partial charge >= 0.3 is 18.1 Å². The van der Waals surface area contributed by atoms with E-state index < -0.39 is 53.7 Å². The van der Waals surface area contributed by atoms with E-state index in [1.807, 2.05) is 20.8 Å². The minimum absolute atomic E-state index is 0.00538. The van der Waals surface area contributed by atoms with Gasteiger partial charge in [-0.2, -0.15) is 0 Å². The molecule has 31 heavy (non-hydrogen) atoms. The number of rotatable bonds is 4. The number of ether oxygens (including phenoxy) is 4. The minimum Gasteiger partial charge on any atom is -0.458 e. The first-order valence-corrected chi connectivity index (χ1v) is 10.2. The van der Waals surface area contributed by atoms with Crippen LogP contribution in [0.4, 0.5) is 4.79 Å². The van der Waals surface area contributed by atoms with Gasteiger partial charge in [0.2, 0.25) is 0 Å². The molecule has 172 valence electrons. The van der Waals surface area contributed by atoms with E-state index in [4.69, 9.17) is 14.2 Å². The van der Waals surface area contributed by atoms with Gasteiger partial charge in [0.25, 0.3) is 0 Å². The number of hydrogen-bond acceptors (Lipinski definition) is 9. The maximum atomic E-state index is 12.8. The number of fused-ring (bicyclic) bond motifs is 1. The van der Waals surface area contributed by atoms with Gasteiger partial charge in [-0.15, -0.1) is 0 Å². The van der Waals surface area contributed by atoms with Crippen molar-refractivity contribution in [3.63, 3.8) is 0 Å². The van der Waals surface area contributed by atoms with E-state index in [9.17, 15) is 24.3 Å². The van der Waals surface area contributed by atoms with Gasteiger partial charge < -0.3 is 24.1 Å². The van der Waals surface area contributed by atoms with Gasteiger partial charge in [-0.25, -0.2) is 9.59 Å². The Morgan fingerprint density at radius 3 is 2.55 bits per heavy atom. The van der Waals surface area contributed by atoms with Crippen molar-refractivity contribution in [2.45, 2.75) is 64.4 Å². The number of hydrogen-bond donors (Lipinski definition) is 1. The number of carbonyl (C=O) groups excluding carboxylic acids is 4. The number of methoxy groups -OCH3 is 1. The van der Waals surface area contributed by atoms with Gasteiger partial charge in [-0.05, 0) is 31.3 Å². The van der Waals surface area contributed by atoms with E-state index in [1.165, 1.54) is 6.08 Å². The van der Waals surface area contributed by atoms with Gasteiger partial charge in [0.05, 0.1) is 13.0 Å². The lowest BCUT2D eigenvalue weighted by Crippen LogP contribution is -2.58. The molecule has 1 heterocycles. The minimum atomic E-state index is -2.29. The van der Waals surface area contributed by atoms with Crippen molar-refractivity contribution in [2.24, 2.45) is 17.8 Å². The molecule has 1 saturated heterocycles. The van der Waals surface area contributed by atoms with Gasteiger partial charge in [0, 0.05) is 12.0 Å². The largest absolute Gasteiger partial charge is 0.508 e. The molecule has 0 amide bonds. The summed E-state index contributed by atoms with van der Waals surface area (Å²) in [6.07, 6.45) is -1.95. The summed E-state index contributed by atoms with van der Waals surface area (Å²) >= 11 is 0. The van der Waals surface area contributed by atoms with E-state index in [2.05, 4.69) is 11.3 Å². The third-order valence-corrected chi connectivity index (χ3v) is 5.44. The highest BCUT2D eigenvalue weighted by Gasteiger charge is 2.56. The molecule has 0 aromatic rings.